The molecule has 24 heavy (non-hydrogen) atoms. The van der Waals surface area contributed by atoms with Crippen molar-refractivity contribution in [1.82, 2.24) is 0 Å². The first-order chi connectivity index (χ1) is 11.6. The largest absolute Gasteiger partial charge is 0.385 e. The number of hydrogen-bond acceptors (Lipinski definition) is 7. The zero-order valence-electron chi connectivity index (χ0n) is 14.4. The van der Waals surface area contributed by atoms with Crippen molar-refractivity contribution in [2.75, 3.05) is 20.3 Å². The van der Waals surface area contributed by atoms with E-state index in [0.29, 0.717) is 19.6 Å². The van der Waals surface area contributed by atoms with Gasteiger partial charge in [0.25, 0.3) is 0 Å². The van der Waals surface area contributed by atoms with Crippen molar-refractivity contribution in [1.29, 1.82) is 0 Å². The number of rotatable bonds is 1. The summed E-state index contributed by atoms with van der Waals surface area (Å²) in [6, 6.07) is 0. The van der Waals surface area contributed by atoms with Crippen LogP contribution < -0.4 is 0 Å². The molecule has 2 spiro atoms. The van der Waals surface area contributed by atoms with Gasteiger partial charge in [-0.05, 0) is 32.6 Å². The Morgan fingerprint density at radius 2 is 1.50 bits per heavy atom. The maximum atomic E-state index is 10.6. The molecule has 4 aliphatic heterocycles. The lowest BCUT2D eigenvalue weighted by Gasteiger charge is -2.60. The summed E-state index contributed by atoms with van der Waals surface area (Å²) in [5.41, 5.74) is 0. The lowest BCUT2D eigenvalue weighted by atomic mass is 9.86. The van der Waals surface area contributed by atoms with Gasteiger partial charge in [-0.2, -0.15) is 0 Å². The predicted octanol–water partition coefficient (Wildman–Crippen LogP) is 1.32. The third kappa shape index (κ3) is 2.53. The second-order valence-corrected chi connectivity index (χ2v) is 7.22. The Hall–Kier alpha value is -0.280. The molecule has 1 N–H and O–H groups in total. The third-order valence-corrected chi connectivity index (χ3v) is 5.69. The molecule has 7 nitrogen and oxygen atoms in total. The van der Waals surface area contributed by atoms with E-state index in [2.05, 4.69) is 0 Å². The molecule has 0 saturated carbocycles. The molecular formula is C17H28O7. The van der Waals surface area contributed by atoms with Crippen LogP contribution >= 0.6 is 0 Å². The van der Waals surface area contributed by atoms with Gasteiger partial charge in [0, 0.05) is 20.0 Å². The molecule has 4 saturated heterocycles. The van der Waals surface area contributed by atoms with Crippen LogP contribution in [0, 0.1) is 0 Å². The molecule has 0 aliphatic carbocycles. The fraction of sp³-hybridized carbons (Fsp3) is 1.00. The van der Waals surface area contributed by atoms with E-state index in [4.69, 9.17) is 28.4 Å². The van der Waals surface area contributed by atoms with Crippen molar-refractivity contribution in [2.24, 2.45) is 0 Å². The fourth-order valence-corrected chi connectivity index (χ4v) is 4.42. The number of hydrogen-bond donors (Lipinski definition) is 1. The van der Waals surface area contributed by atoms with Gasteiger partial charge < -0.3 is 33.5 Å². The van der Waals surface area contributed by atoms with Crippen molar-refractivity contribution in [3.63, 3.8) is 0 Å². The minimum atomic E-state index is -0.955. The highest BCUT2D eigenvalue weighted by molar-refractivity contribution is 5.03. The van der Waals surface area contributed by atoms with Gasteiger partial charge >= 0.3 is 0 Å². The minimum absolute atomic E-state index is 0.272. The summed E-state index contributed by atoms with van der Waals surface area (Å²) in [4.78, 5) is 0. The average molecular weight is 344 g/mol. The zero-order chi connectivity index (χ0) is 16.8. The topological polar surface area (TPSA) is 75.6 Å². The van der Waals surface area contributed by atoms with E-state index < -0.39 is 36.2 Å². The third-order valence-electron chi connectivity index (χ3n) is 5.69. The van der Waals surface area contributed by atoms with E-state index >= 15 is 0 Å². The van der Waals surface area contributed by atoms with Crippen molar-refractivity contribution in [3.05, 3.63) is 0 Å². The number of aliphatic hydroxyl groups is 1. The van der Waals surface area contributed by atoms with Gasteiger partial charge in [-0.15, -0.1) is 0 Å². The molecule has 0 bridgehead atoms. The SMILES string of the molecule is CO[C@@H]1O[C@@H](C)[C@@H]2OC3(CCCCO3)C3(CCCCO3)O[C@H]2[C@H]1O. The van der Waals surface area contributed by atoms with Crippen LogP contribution in [0.3, 0.4) is 0 Å². The molecule has 0 radical (unpaired) electrons. The summed E-state index contributed by atoms with van der Waals surface area (Å²) < 4.78 is 36.2. The van der Waals surface area contributed by atoms with Gasteiger partial charge in [0.1, 0.15) is 18.3 Å². The van der Waals surface area contributed by atoms with Gasteiger partial charge in [-0.25, -0.2) is 0 Å². The Labute approximate surface area is 142 Å². The molecule has 4 rings (SSSR count). The van der Waals surface area contributed by atoms with Crippen molar-refractivity contribution < 1.29 is 33.5 Å². The Morgan fingerprint density at radius 3 is 2.00 bits per heavy atom. The van der Waals surface area contributed by atoms with Crippen molar-refractivity contribution in [3.8, 4) is 0 Å². The van der Waals surface area contributed by atoms with E-state index in [0.717, 1.165) is 32.1 Å². The lowest BCUT2D eigenvalue weighted by molar-refractivity contribution is -0.504. The summed E-state index contributed by atoms with van der Waals surface area (Å²) in [6.45, 7) is 3.15. The van der Waals surface area contributed by atoms with E-state index in [1.165, 1.54) is 7.11 Å². The fourth-order valence-electron chi connectivity index (χ4n) is 4.42. The number of fused-ring (bicyclic) bond motifs is 2. The predicted molar refractivity (Wildman–Crippen MR) is 82.2 cm³/mol. The van der Waals surface area contributed by atoms with E-state index in [9.17, 15) is 5.11 Å². The molecule has 2 unspecified atom stereocenters. The van der Waals surface area contributed by atoms with Crippen molar-refractivity contribution >= 4 is 0 Å². The number of aliphatic hydroxyl groups excluding tert-OH is 1. The van der Waals surface area contributed by atoms with Crippen LogP contribution in [0.4, 0.5) is 0 Å². The van der Waals surface area contributed by atoms with E-state index in [-0.39, 0.29) is 6.10 Å². The molecule has 7 heteroatoms. The van der Waals surface area contributed by atoms with Crippen LogP contribution in [-0.4, -0.2) is 67.7 Å². The van der Waals surface area contributed by atoms with Crippen LogP contribution in [0.25, 0.3) is 0 Å². The van der Waals surface area contributed by atoms with Crippen LogP contribution in [0.1, 0.15) is 45.4 Å². The monoisotopic (exact) mass is 344 g/mol. The van der Waals surface area contributed by atoms with Crippen LogP contribution in [-0.2, 0) is 28.4 Å². The van der Waals surface area contributed by atoms with Gasteiger partial charge in [0.15, 0.2) is 6.29 Å². The van der Waals surface area contributed by atoms with Crippen LogP contribution in [0.5, 0.6) is 0 Å². The summed E-state index contributed by atoms with van der Waals surface area (Å²) in [5.74, 6) is -1.87. The van der Waals surface area contributed by atoms with Gasteiger partial charge in [0.2, 0.25) is 11.6 Å². The standard InChI is InChI=1S/C17H28O7/c1-11-13-14(12(18)15(19-2)22-11)24-17(8-4-6-10-21-17)16(23-13)7-3-5-9-20-16/h11-15,18H,3-10H2,1-2H3/t11-,12+,13-,14-,15+,16?,17?/m0/s1. The molecule has 138 valence electrons. The van der Waals surface area contributed by atoms with Gasteiger partial charge in [-0.1, -0.05) is 0 Å². The number of methoxy groups -OCH3 is 1. The Kier molecular flexibility index (Phi) is 4.62. The molecule has 0 aromatic heterocycles. The first-order valence-electron chi connectivity index (χ1n) is 9.11. The second kappa shape index (κ2) is 6.46. The molecule has 4 fully saturated rings. The Balaban J connectivity index is 1.67. The van der Waals surface area contributed by atoms with Crippen LogP contribution in [0.15, 0.2) is 0 Å². The Morgan fingerprint density at radius 1 is 0.917 bits per heavy atom. The van der Waals surface area contributed by atoms with E-state index in [1.54, 1.807) is 0 Å². The van der Waals surface area contributed by atoms with Gasteiger partial charge in [-0.3, -0.25) is 0 Å². The molecular weight excluding hydrogens is 316 g/mol. The first-order valence-corrected chi connectivity index (χ1v) is 9.11. The summed E-state index contributed by atoms with van der Waals surface area (Å²) in [7, 11) is 1.52. The quantitative estimate of drug-likeness (QED) is 0.769. The molecule has 0 aromatic rings. The first kappa shape index (κ1) is 17.1. The summed E-state index contributed by atoms with van der Waals surface area (Å²) >= 11 is 0. The number of ether oxygens (including phenoxy) is 6. The summed E-state index contributed by atoms with van der Waals surface area (Å²) in [6.07, 6.45) is 2.52. The van der Waals surface area contributed by atoms with Crippen LogP contribution in [0.2, 0.25) is 0 Å². The minimum Gasteiger partial charge on any atom is -0.385 e. The zero-order valence-corrected chi connectivity index (χ0v) is 14.4. The molecule has 4 heterocycles. The lowest BCUT2D eigenvalue weighted by Crippen LogP contribution is -2.75. The maximum absolute atomic E-state index is 10.6. The molecule has 4 aliphatic rings. The summed E-state index contributed by atoms with van der Waals surface area (Å²) in [5, 5.41) is 10.6. The molecule has 0 amide bonds. The maximum Gasteiger partial charge on any atom is 0.224 e. The van der Waals surface area contributed by atoms with E-state index in [1.807, 2.05) is 6.92 Å². The highest BCUT2D eigenvalue weighted by Gasteiger charge is 2.66. The van der Waals surface area contributed by atoms with Crippen molar-refractivity contribution in [2.45, 2.75) is 87.7 Å². The smallest absolute Gasteiger partial charge is 0.224 e. The highest BCUT2D eigenvalue weighted by Crippen LogP contribution is 2.51. The highest BCUT2D eigenvalue weighted by atomic mass is 16.8. The molecule has 0 aromatic carbocycles. The van der Waals surface area contributed by atoms with Gasteiger partial charge in [0.05, 0.1) is 19.3 Å². The Bertz CT molecular complexity index is 444. The average Bonchev–Trinajstić information content (AvgIpc) is 2.62. The normalized spacial score (nSPS) is 52.4. The molecule has 7 atom stereocenters. The second-order valence-electron chi connectivity index (χ2n) is 7.22.